The predicted octanol–water partition coefficient (Wildman–Crippen LogP) is 0.196. The summed E-state index contributed by atoms with van der Waals surface area (Å²) >= 11 is 0. The fraction of sp³-hybridized carbons (Fsp3) is 0.857. The Hall–Kier alpha value is -0.570. The number of hydrogen-bond donors (Lipinski definition) is 0. The molecule has 2 rings (SSSR count). The molecule has 10 heavy (non-hydrogen) atoms. The highest BCUT2D eigenvalue weighted by Crippen LogP contribution is 2.28. The summed E-state index contributed by atoms with van der Waals surface area (Å²) in [5.74, 6) is 0.475. The van der Waals surface area contributed by atoms with Crippen molar-refractivity contribution >= 4 is 5.97 Å². The fourth-order valence-corrected chi connectivity index (χ4v) is 1.57. The maximum atomic E-state index is 10.9. The van der Waals surface area contributed by atoms with E-state index in [1.165, 1.54) is 0 Å². The highest BCUT2D eigenvalue weighted by Gasteiger charge is 2.38. The second-order valence-corrected chi connectivity index (χ2v) is 2.86. The third-order valence-corrected chi connectivity index (χ3v) is 2.22. The summed E-state index contributed by atoms with van der Waals surface area (Å²) in [4.78, 5) is 10.9. The average Bonchev–Trinajstić information content (AvgIpc) is 2.34. The van der Waals surface area contributed by atoms with Gasteiger partial charge in [-0.25, -0.2) is 0 Å². The van der Waals surface area contributed by atoms with Crippen molar-refractivity contribution in [2.75, 3.05) is 19.8 Å². The Morgan fingerprint density at radius 1 is 1.40 bits per heavy atom. The molecule has 0 spiro atoms. The summed E-state index contributed by atoms with van der Waals surface area (Å²) in [5, 5.41) is 0. The molecule has 0 saturated carbocycles. The van der Waals surface area contributed by atoms with Gasteiger partial charge in [-0.1, -0.05) is 0 Å². The highest BCUT2D eigenvalue weighted by molar-refractivity contribution is 5.74. The van der Waals surface area contributed by atoms with Crippen LogP contribution in [0, 0.1) is 11.8 Å². The molecule has 0 amide bonds. The summed E-state index contributed by atoms with van der Waals surface area (Å²) in [7, 11) is 0. The molecule has 0 aromatic carbocycles. The van der Waals surface area contributed by atoms with Crippen molar-refractivity contribution in [2.45, 2.75) is 6.42 Å². The van der Waals surface area contributed by atoms with E-state index in [2.05, 4.69) is 0 Å². The van der Waals surface area contributed by atoms with Crippen LogP contribution < -0.4 is 0 Å². The van der Waals surface area contributed by atoms with E-state index in [-0.39, 0.29) is 11.9 Å². The Bertz CT molecular complexity index is 155. The minimum Gasteiger partial charge on any atom is -0.465 e. The van der Waals surface area contributed by atoms with Gasteiger partial charge in [-0.15, -0.1) is 0 Å². The molecule has 0 unspecified atom stereocenters. The number of carbonyl (C=O) groups is 1. The van der Waals surface area contributed by atoms with Crippen LogP contribution in [0.2, 0.25) is 0 Å². The normalized spacial score (nSPS) is 39.0. The van der Waals surface area contributed by atoms with Crippen LogP contribution in [0.4, 0.5) is 0 Å². The van der Waals surface area contributed by atoms with Gasteiger partial charge in [-0.3, -0.25) is 4.79 Å². The molecule has 2 aliphatic rings. The van der Waals surface area contributed by atoms with E-state index >= 15 is 0 Å². The van der Waals surface area contributed by atoms with Gasteiger partial charge in [0.15, 0.2) is 0 Å². The van der Waals surface area contributed by atoms with Crippen molar-refractivity contribution in [1.82, 2.24) is 0 Å². The molecule has 2 atom stereocenters. The van der Waals surface area contributed by atoms with Crippen LogP contribution in [0.25, 0.3) is 0 Å². The van der Waals surface area contributed by atoms with Gasteiger partial charge in [0.25, 0.3) is 0 Å². The van der Waals surface area contributed by atoms with Crippen molar-refractivity contribution < 1.29 is 14.3 Å². The van der Waals surface area contributed by atoms with Gasteiger partial charge in [-0.05, 0) is 6.42 Å². The summed E-state index contributed by atoms with van der Waals surface area (Å²) < 4.78 is 10.1. The zero-order chi connectivity index (χ0) is 6.97. The molecule has 0 radical (unpaired) electrons. The molecule has 2 heterocycles. The number of carbonyl (C=O) groups excluding carboxylic acids is 1. The minimum absolute atomic E-state index is 0.0201. The predicted molar refractivity (Wildman–Crippen MR) is 33.4 cm³/mol. The van der Waals surface area contributed by atoms with Crippen LogP contribution in [0.5, 0.6) is 0 Å². The first-order valence-corrected chi connectivity index (χ1v) is 3.62. The standard InChI is InChI=1S/C7H10O3/c8-7-6-1-2-9-3-5(6)4-10-7/h5-6H,1-4H2/t5-,6-/m1/s1. The number of cyclic esters (lactones) is 1. The minimum atomic E-state index is -0.0201. The van der Waals surface area contributed by atoms with Gasteiger partial charge < -0.3 is 9.47 Å². The first kappa shape index (κ1) is 6.16. The lowest BCUT2D eigenvalue weighted by Crippen LogP contribution is -2.27. The molecule has 2 saturated heterocycles. The maximum Gasteiger partial charge on any atom is 0.309 e. The van der Waals surface area contributed by atoms with Gasteiger partial charge >= 0.3 is 5.97 Å². The Labute approximate surface area is 59.3 Å². The molecule has 0 aromatic heterocycles. The third kappa shape index (κ3) is 0.814. The van der Waals surface area contributed by atoms with Gasteiger partial charge in [0, 0.05) is 12.5 Å². The monoisotopic (exact) mass is 142 g/mol. The van der Waals surface area contributed by atoms with E-state index in [1.54, 1.807) is 0 Å². The van der Waals surface area contributed by atoms with Crippen LogP contribution in [-0.4, -0.2) is 25.8 Å². The molecule has 3 nitrogen and oxygen atoms in total. The zero-order valence-electron chi connectivity index (χ0n) is 5.71. The topological polar surface area (TPSA) is 35.5 Å². The first-order chi connectivity index (χ1) is 4.88. The Morgan fingerprint density at radius 3 is 3.10 bits per heavy atom. The largest absolute Gasteiger partial charge is 0.465 e. The van der Waals surface area contributed by atoms with Crippen LogP contribution in [0.3, 0.4) is 0 Å². The highest BCUT2D eigenvalue weighted by atomic mass is 16.5. The number of hydrogen-bond acceptors (Lipinski definition) is 3. The molecule has 2 aliphatic heterocycles. The summed E-state index contributed by atoms with van der Waals surface area (Å²) in [5.41, 5.74) is 0. The Balaban J connectivity index is 2.08. The van der Waals surface area contributed by atoms with Gasteiger partial charge in [-0.2, -0.15) is 0 Å². The van der Waals surface area contributed by atoms with E-state index in [1.807, 2.05) is 0 Å². The van der Waals surface area contributed by atoms with E-state index in [0.29, 0.717) is 19.1 Å². The molecule has 2 fully saturated rings. The van der Waals surface area contributed by atoms with Gasteiger partial charge in [0.05, 0.1) is 19.1 Å². The number of rotatable bonds is 0. The number of esters is 1. The smallest absolute Gasteiger partial charge is 0.309 e. The second-order valence-electron chi connectivity index (χ2n) is 2.86. The number of ether oxygens (including phenoxy) is 2. The van der Waals surface area contributed by atoms with Crippen molar-refractivity contribution in [3.05, 3.63) is 0 Å². The van der Waals surface area contributed by atoms with Crippen LogP contribution in [0.15, 0.2) is 0 Å². The molecular formula is C7H10O3. The SMILES string of the molecule is O=C1OC[C@H]2COCC[C@@H]12. The van der Waals surface area contributed by atoms with Crippen molar-refractivity contribution in [3.63, 3.8) is 0 Å². The van der Waals surface area contributed by atoms with E-state index in [4.69, 9.17) is 9.47 Å². The quantitative estimate of drug-likeness (QED) is 0.453. The van der Waals surface area contributed by atoms with E-state index in [0.717, 1.165) is 13.0 Å². The molecule has 3 heteroatoms. The molecule has 0 aliphatic carbocycles. The van der Waals surface area contributed by atoms with Crippen molar-refractivity contribution in [2.24, 2.45) is 11.8 Å². The maximum absolute atomic E-state index is 10.9. The van der Waals surface area contributed by atoms with Crippen LogP contribution in [-0.2, 0) is 14.3 Å². The second kappa shape index (κ2) is 2.23. The van der Waals surface area contributed by atoms with Gasteiger partial charge in [0.1, 0.15) is 0 Å². The van der Waals surface area contributed by atoms with Crippen LogP contribution in [0.1, 0.15) is 6.42 Å². The molecule has 0 N–H and O–H groups in total. The summed E-state index contributed by atoms with van der Waals surface area (Å²) in [6, 6.07) is 0. The lowest BCUT2D eigenvalue weighted by molar-refractivity contribution is -0.142. The lowest BCUT2D eigenvalue weighted by atomic mass is 9.92. The molecule has 0 bridgehead atoms. The number of fused-ring (bicyclic) bond motifs is 1. The van der Waals surface area contributed by atoms with Crippen molar-refractivity contribution in [3.8, 4) is 0 Å². The Morgan fingerprint density at radius 2 is 2.30 bits per heavy atom. The Kier molecular flexibility index (Phi) is 1.38. The molecule has 56 valence electrons. The summed E-state index contributed by atoms with van der Waals surface area (Å²) in [6.45, 7) is 2.00. The van der Waals surface area contributed by atoms with E-state index in [9.17, 15) is 4.79 Å². The van der Waals surface area contributed by atoms with Crippen LogP contribution >= 0.6 is 0 Å². The summed E-state index contributed by atoms with van der Waals surface area (Å²) in [6.07, 6.45) is 0.851. The zero-order valence-corrected chi connectivity index (χ0v) is 5.71. The van der Waals surface area contributed by atoms with Gasteiger partial charge in [0.2, 0.25) is 0 Å². The third-order valence-electron chi connectivity index (χ3n) is 2.22. The molecular weight excluding hydrogens is 132 g/mol. The van der Waals surface area contributed by atoms with Crippen molar-refractivity contribution in [1.29, 1.82) is 0 Å². The first-order valence-electron chi connectivity index (χ1n) is 3.62. The van der Waals surface area contributed by atoms with E-state index < -0.39 is 0 Å². The fourth-order valence-electron chi connectivity index (χ4n) is 1.57. The lowest BCUT2D eigenvalue weighted by Gasteiger charge is -2.20. The average molecular weight is 142 g/mol. The molecule has 0 aromatic rings.